The molecule has 0 aliphatic rings. The number of carbonyl (C=O) groups is 1. The molecule has 0 unspecified atom stereocenters. The van der Waals surface area contributed by atoms with Crippen LogP contribution in [0.25, 0.3) is 0 Å². The Balaban J connectivity index is 2.16. The zero-order chi connectivity index (χ0) is 10.4. The van der Waals surface area contributed by atoms with Crippen molar-refractivity contribution in [2.75, 3.05) is 13.6 Å². The Bertz CT molecular complexity index is 272. The standard InChI is InChI=1S/C10H16N2OS/c1-9(13)4-3-5-12(2)6-10-7-14-8-11-10/h7-8H,3-6H2,1-2H3. The predicted octanol–water partition coefficient (Wildman–Crippen LogP) is 1.94. The van der Waals surface area contributed by atoms with Gasteiger partial charge in [0.1, 0.15) is 5.78 Å². The van der Waals surface area contributed by atoms with E-state index in [0.717, 1.165) is 25.2 Å². The molecule has 1 aromatic heterocycles. The number of nitrogens with zero attached hydrogens (tertiary/aromatic N) is 2. The Morgan fingerprint density at radius 1 is 1.64 bits per heavy atom. The molecule has 78 valence electrons. The molecule has 0 N–H and O–H groups in total. The molecule has 3 nitrogen and oxygen atoms in total. The Morgan fingerprint density at radius 3 is 3.00 bits per heavy atom. The first kappa shape index (κ1) is 11.3. The van der Waals surface area contributed by atoms with Gasteiger partial charge in [-0.3, -0.25) is 0 Å². The van der Waals surface area contributed by atoms with Gasteiger partial charge in [0.25, 0.3) is 0 Å². The minimum atomic E-state index is 0.270. The zero-order valence-corrected chi connectivity index (χ0v) is 9.51. The number of Topliss-reactive ketones (excluding diaryl/α,β-unsaturated/α-hetero) is 1. The molecule has 0 aliphatic heterocycles. The van der Waals surface area contributed by atoms with E-state index in [2.05, 4.69) is 22.3 Å². The van der Waals surface area contributed by atoms with Crippen molar-refractivity contribution in [2.24, 2.45) is 0 Å². The SMILES string of the molecule is CC(=O)CCCN(C)Cc1cscn1. The van der Waals surface area contributed by atoms with Crippen LogP contribution in [0.2, 0.25) is 0 Å². The van der Waals surface area contributed by atoms with Crippen LogP contribution in [0.5, 0.6) is 0 Å². The summed E-state index contributed by atoms with van der Waals surface area (Å²) in [5.41, 5.74) is 2.96. The molecule has 0 spiro atoms. The van der Waals surface area contributed by atoms with Gasteiger partial charge in [-0.05, 0) is 26.9 Å². The van der Waals surface area contributed by atoms with Crippen LogP contribution in [-0.2, 0) is 11.3 Å². The summed E-state index contributed by atoms with van der Waals surface area (Å²) >= 11 is 1.62. The molecule has 0 amide bonds. The molecular weight excluding hydrogens is 196 g/mol. The van der Waals surface area contributed by atoms with E-state index in [-0.39, 0.29) is 5.78 Å². The van der Waals surface area contributed by atoms with Crippen LogP contribution in [0.1, 0.15) is 25.5 Å². The van der Waals surface area contributed by atoms with Crippen molar-refractivity contribution in [1.29, 1.82) is 0 Å². The van der Waals surface area contributed by atoms with Crippen LogP contribution < -0.4 is 0 Å². The van der Waals surface area contributed by atoms with Crippen molar-refractivity contribution in [1.82, 2.24) is 9.88 Å². The molecule has 0 aromatic carbocycles. The lowest BCUT2D eigenvalue weighted by molar-refractivity contribution is -0.117. The molecule has 0 fully saturated rings. The number of ketones is 1. The van der Waals surface area contributed by atoms with Gasteiger partial charge in [0.15, 0.2) is 0 Å². The van der Waals surface area contributed by atoms with Crippen LogP contribution in [0.15, 0.2) is 10.9 Å². The van der Waals surface area contributed by atoms with E-state index in [1.807, 2.05) is 5.51 Å². The molecule has 0 saturated carbocycles. The average molecular weight is 212 g/mol. The molecule has 0 bridgehead atoms. The highest BCUT2D eigenvalue weighted by atomic mass is 32.1. The van der Waals surface area contributed by atoms with E-state index in [0.29, 0.717) is 6.42 Å². The fourth-order valence-electron chi connectivity index (χ4n) is 1.27. The normalized spacial score (nSPS) is 10.8. The van der Waals surface area contributed by atoms with Gasteiger partial charge in [-0.15, -0.1) is 11.3 Å². The maximum atomic E-state index is 10.7. The summed E-state index contributed by atoms with van der Waals surface area (Å²) in [6, 6.07) is 0. The molecule has 14 heavy (non-hydrogen) atoms. The lowest BCUT2D eigenvalue weighted by atomic mass is 10.2. The Morgan fingerprint density at radius 2 is 2.43 bits per heavy atom. The van der Waals surface area contributed by atoms with E-state index >= 15 is 0 Å². The fourth-order valence-corrected chi connectivity index (χ4v) is 1.82. The van der Waals surface area contributed by atoms with Gasteiger partial charge in [-0.1, -0.05) is 0 Å². The maximum Gasteiger partial charge on any atom is 0.129 e. The molecule has 1 aromatic rings. The third-order valence-electron chi connectivity index (χ3n) is 1.98. The van der Waals surface area contributed by atoms with E-state index in [1.54, 1.807) is 18.3 Å². The molecular formula is C10H16N2OS. The van der Waals surface area contributed by atoms with Crippen molar-refractivity contribution < 1.29 is 4.79 Å². The zero-order valence-electron chi connectivity index (χ0n) is 8.69. The van der Waals surface area contributed by atoms with Crippen molar-refractivity contribution >= 4 is 17.1 Å². The Labute approximate surface area is 88.8 Å². The van der Waals surface area contributed by atoms with Gasteiger partial charge in [-0.25, -0.2) is 4.98 Å². The molecule has 1 heterocycles. The number of hydrogen-bond acceptors (Lipinski definition) is 4. The second kappa shape index (κ2) is 5.88. The first-order valence-corrected chi connectivity index (χ1v) is 5.68. The topological polar surface area (TPSA) is 33.2 Å². The number of hydrogen-bond donors (Lipinski definition) is 0. The molecule has 0 radical (unpaired) electrons. The van der Waals surface area contributed by atoms with Crippen LogP contribution >= 0.6 is 11.3 Å². The lowest BCUT2D eigenvalue weighted by Gasteiger charge is -2.14. The highest BCUT2D eigenvalue weighted by Crippen LogP contribution is 2.04. The first-order chi connectivity index (χ1) is 6.68. The van der Waals surface area contributed by atoms with E-state index in [9.17, 15) is 4.79 Å². The Hall–Kier alpha value is -0.740. The van der Waals surface area contributed by atoms with E-state index < -0.39 is 0 Å². The minimum absolute atomic E-state index is 0.270. The lowest BCUT2D eigenvalue weighted by Crippen LogP contribution is -2.19. The molecule has 1 rings (SSSR count). The van der Waals surface area contributed by atoms with Crippen molar-refractivity contribution in [2.45, 2.75) is 26.3 Å². The van der Waals surface area contributed by atoms with Crippen LogP contribution in [0.3, 0.4) is 0 Å². The smallest absolute Gasteiger partial charge is 0.129 e. The number of carbonyl (C=O) groups excluding carboxylic acids is 1. The highest BCUT2D eigenvalue weighted by Gasteiger charge is 2.02. The summed E-state index contributed by atoms with van der Waals surface area (Å²) in [6.45, 7) is 3.47. The van der Waals surface area contributed by atoms with Crippen molar-refractivity contribution in [3.8, 4) is 0 Å². The molecule has 0 aliphatic carbocycles. The highest BCUT2D eigenvalue weighted by molar-refractivity contribution is 7.07. The largest absolute Gasteiger partial charge is 0.301 e. The summed E-state index contributed by atoms with van der Waals surface area (Å²) in [5, 5.41) is 2.06. The van der Waals surface area contributed by atoms with Crippen LogP contribution in [0, 0.1) is 0 Å². The summed E-state index contributed by atoms with van der Waals surface area (Å²) < 4.78 is 0. The van der Waals surface area contributed by atoms with Gasteiger partial charge >= 0.3 is 0 Å². The molecule has 0 saturated heterocycles. The third-order valence-corrected chi connectivity index (χ3v) is 2.62. The quantitative estimate of drug-likeness (QED) is 0.722. The number of aromatic nitrogens is 1. The summed E-state index contributed by atoms with van der Waals surface area (Å²) in [4.78, 5) is 17.1. The fraction of sp³-hybridized carbons (Fsp3) is 0.600. The van der Waals surface area contributed by atoms with E-state index in [1.165, 1.54) is 0 Å². The van der Waals surface area contributed by atoms with Crippen LogP contribution in [0.4, 0.5) is 0 Å². The monoisotopic (exact) mass is 212 g/mol. The predicted molar refractivity (Wildman–Crippen MR) is 58.4 cm³/mol. The van der Waals surface area contributed by atoms with Crippen LogP contribution in [-0.4, -0.2) is 29.3 Å². The number of rotatable bonds is 6. The third kappa shape index (κ3) is 4.48. The average Bonchev–Trinajstić information content (AvgIpc) is 2.56. The summed E-state index contributed by atoms with van der Waals surface area (Å²) in [7, 11) is 2.06. The molecule has 0 atom stereocenters. The van der Waals surface area contributed by atoms with Crippen molar-refractivity contribution in [3.05, 3.63) is 16.6 Å². The summed E-state index contributed by atoms with van der Waals surface area (Å²) in [6.07, 6.45) is 1.62. The summed E-state index contributed by atoms with van der Waals surface area (Å²) in [5.74, 6) is 0.270. The van der Waals surface area contributed by atoms with Gasteiger partial charge in [0.05, 0.1) is 11.2 Å². The maximum absolute atomic E-state index is 10.7. The van der Waals surface area contributed by atoms with Gasteiger partial charge in [-0.2, -0.15) is 0 Å². The number of thiazole rings is 1. The Kier molecular flexibility index (Phi) is 4.76. The molecule has 4 heteroatoms. The first-order valence-electron chi connectivity index (χ1n) is 4.73. The van der Waals surface area contributed by atoms with Gasteiger partial charge in [0.2, 0.25) is 0 Å². The minimum Gasteiger partial charge on any atom is -0.301 e. The van der Waals surface area contributed by atoms with E-state index in [4.69, 9.17) is 0 Å². The second-order valence-electron chi connectivity index (χ2n) is 3.52. The van der Waals surface area contributed by atoms with Gasteiger partial charge in [0, 0.05) is 18.3 Å². The van der Waals surface area contributed by atoms with Gasteiger partial charge < -0.3 is 9.69 Å². The van der Waals surface area contributed by atoms with Crippen molar-refractivity contribution in [3.63, 3.8) is 0 Å². The second-order valence-corrected chi connectivity index (χ2v) is 4.24.